The predicted molar refractivity (Wildman–Crippen MR) is 69.4 cm³/mol. The zero-order chi connectivity index (χ0) is 16.3. The van der Waals surface area contributed by atoms with Gasteiger partial charge in [-0.1, -0.05) is 0 Å². The second-order valence-electron chi connectivity index (χ2n) is 5.03. The largest absolute Gasteiger partial charge is 0.496 e. The predicted octanol–water partition coefficient (Wildman–Crippen LogP) is 3.61. The maximum Gasteiger partial charge on any atom is 0.420 e. The van der Waals surface area contributed by atoms with Crippen LogP contribution in [0.3, 0.4) is 0 Å². The van der Waals surface area contributed by atoms with Crippen molar-refractivity contribution in [1.82, 2.24) is 5.32 Å². The van der Waals surface area contributed by atoms with Crippen LogP contribution in [0.1, 0.15) is 24.0 Å². The van der Waals surface area contributed by atoms with Gasteiger partial charge in [-0.15, -0.1) is 0 Å². The molecule has 0 aromatic heterocycles. The van der Waals surface area contributed by atoms with Gasteiger partial charge in [0, 0.05) is 6.04 Å². The van der Waals surface area contributed by atoms with Crippen molar-refractivity contribution < 1.29 is 31.4 Å². The molecule has 0 radical (unpaired) electrons. The van der Waals surface area contributed by atoms with Gasteiger partial charge in [0.25, 0.3) is 0 Å². The van der Waals surface area contributed by atoms with Gasteiger partial charge >= 0.3 is 12.8 Å². The quantitative estimate of drug-likeness (QED) is 0.839. The molecule has 1 aromatic rings. The van der Waals surface area contributed by atoms with Gasteiger partial charge in [-0.05, 0) is 43.5 Å². The summed E-state index contributed by atoms with van der Waals surface area (Å²) < 4.78 is 72.7. The average molecular weight is 325 g/mol. The minimum absolute atomic E-state index is 0.0163. The number of nitrogens with one attached hydrogen (secondary N) is 1. The van der Waals surface area contributed by atoms with Crippen LogP contribution in [0.4, 0.5) is 22.0 Å². The Labute approximate surface area is 124 Å². The molecule has 1 atom stereocenters. The molecule has 3 nitrogen and oxygen atoms in total. The molecule has 0 bridgehead atoms. The zero-order valence-corrected chi connectivity index (χ0v) is 11.8. The molecule has 1 N–H and O–H groups in total. The third-order valence-corrected chi connectivity index (χ3v) is 3.53. The summed E-state index contributed by atoms with van der Waals surface area (Å²) in [4.78, 5) is 0. The van der Waals surface area contributed by atoms with Crippen molar-refractivity contribution in [2.45, 2.75) is 38.1 Å². The van der Waals surface area contributed by atoms with E-state index in [4.69, 9.17) is 4.74 Å². The number of halogens is 5. The molecule has 0 saturated carbocycles. The zero-order valence-electron chi connectivity index (χ0n) is 11.8. The van der Waals surface area contributed by atoms with Crippen molar-refractivity contribution in [1.29, 1.82) is 0 Å². The summed E-state index contributed by atoms with van der Waals surface area (Å²) in [6, 6.07) is 1.79. The van der Waals surface area contributed by atoms with Crippen LogP contribution in [-0.4, -0.2) is 26.3 Å². The number of rotatable bonds is 5. The van der Waals surface area contributed by atoms with Gasteiger partial charge < -0.3 is 14.8 Å². The van der Waals surface area contributed by atoms with E-state index in [1.807, 2.05) is 0 Å². The normalized spacial score (nSPS) is 18.8. The molecular weight excluding hydrogens is 309 g/mol. The number of hydrogen-bond acceptors (Lipinski definition) is 3. The third-order valence-electron chi connectivity index (χ3n) is 3.53. The number of alkyl halides is 5. The van der Waals surface area contributed by atoms with E-state index in [0.29, 0.717) is 18.1 Å². The first-order valence-corrected chi connectivity index (χ1v) is 6.77. The van der Waals surface area contributed by atoms with Gasteiger partial charge in [0.05, 0.1) is 7.11 Å². The van der Waals surface area contributed by atoms with Gasteiger partial charge in [0.2, 0.25) is 0 Å². The Kier molecular flexibility index (Phi) is 5.10. The van der Waals surface area contributed by atoms with E-state index in [1.54, 1.807) is 0 Å². The highest BCUT2D eigenvalue weighted by Crippen LogP contribution is 2.41. The molecule has 2 rings (SSSR count). The molecule has 8 heteroatoms. The van der Waals surface area contributed by atoms with Crippen LogP contribution in [0.15, 0.2) is 12.1 Å². The first kappa shape index (κ1) is 16.8. The van der Waals surface area contributed by atoms with Crippen LogP contribution in [0.25, 0.3) is 0 Å². The van der Waals surface area contributed by atoms with Crippen molar-refractivity contribution in [3.05, 3.63) is 23.3 Å². The third kappa shape index (κ3) is 4.00. The Morgan fingerprint density at radius 2 is 2.00 bits per heavy atom. The molecule has 1 aliphatic rings. The molecule has 22 heavy (non-hydrogen) atoms. The first-order chi connectivity index (χ1) is 10.3. The fourth-order valence-electron chi connectivity index (χ4n) is 2.56. The highest BCUT2D eigenvalue weighted by molar-refractivity contribution is 5.48. The summed E-state index contributed by atoms with van der Waals surface area (Å²) >= 11 is 0. The molecule has 0 amide bonds. The maximum atomic E-state index is 13.0. The minimum atomic E-state index is -4.80. The van der Waals surface area contributed by atoms with Crippen molar-refractivity contribution >= 4 is 0 Å². The Morgan fingerprint density at radius 3 is 2.50 bits per heavy atom. The van der Waals surface area contributed by atoms with E-state index in [-0.39, 0.29) is 11.8 Å². The lowest BCUT2D eigenvalue weighted by Gasteiger charge is -2.19. The molecule has 1 fully saturated rings. The Morgan fingerprint density at radius 1 is 1.27 bits per heavy atom. The number of hydrogen-bond donors (Lipinski definition) is 1. The van der Waals surface area contributed by atoms with E-state index >= 15 is 0 Å². The molecule has 0 aliphatic carbocycles. The standard InChI is InChI=1S/C14H16F5NO2/c1-21-11-7-10(14(17,18)19)12(22-13(15)16)6-8(11)5-9-3-2-4-20-9/h6-7,9,13,20H,2-5H2,1H3. The van der Waals surface area contributed by atoms with Crippen molar-refractivity contribution in [2.75, 3.05) is 13.7 Å². The summed E-state index contributed by atoms with van der Waals surface area (Å²) in [6.07, 6.45) is -2.58. The Bertz CT molecular complexity index is 513. The highest BCUT2D eigenvalue weighted by Gasteiger charge is 2.36. The average Bonchev–Trinajstić information content (AvgIpc) is 2.89. The topological polar surface area (TPSA) is 30.5 Å². The molecule has 1 heterocycles. The van der Waals surface area contributed by atoms with Crippen LogP contribution in [0.5, 0.6) is 11.5 Å². The molecule has 1 saturated heterocycles. The van der Waals surface area contributed by atoms with Gasteiger partial charge in [0.1, 0.15) is 17.1 Å². The minimum Gasteiger partial charge on any atom is -0.496 e. The lowest BCUT2D eigenvalue weighted by molar-refractivity contribution is -0.142. The van der Waals surface area contributed by atoms with E-state index in [2.05, 4.69) is 10.1 Å². The molecule has 1 aliphatic heterocycles. The first-order valence-electron chi connectivity index (χ1n) is 6.77. The number of benzene rings is 1. The summed E-state index contributed by atoms with van der Waals surface area (Å²) in [5.74, 6) is -0.862. The fourth-order valence-corrected chi connectivity index (χ4v) is 2.56. The summed E-state index contributed by atoms with van der Waals surface area (Å²) in [5.41, 5.74) is -0.863. The smallest absolute Gasteiger partial charge is 0.420 e. The number of ether oxygens (including phenoxy) is 2. The second-order valence-corrected chi connectivity index (χ2v) is 5.03. The van der Waals surface area contributed by atoms with E-state index in [9.17, 15) is 22.0 Å². The molecular formula is C14H16F5NO2. The van der Waals surface area contributed by atoms with Gasteiger partial charge in [-0.25, -0.2) is 0 Å². The van der Waals surface area contributed by atoms with E-state index < -0.39 is 24.1 Å². The molecule has 0 spiro atoms. The fraction of sp³-hybridized carbons (Fsp3) is 0.571. The van der Waals surface area contributed by atoms with Crippen LogP contribution in [-0.2, 0) is 12.6 Å². The maximum absolute atomic E-state index is 13.0. The Hall–Kier alpha value is -1.57. The summed E-state index contributed by atoms with van der Waals surface area (Å²) in [6.45, 7) is -2.50. The van der Waals surface area contributed by atoms with Crippen LogP contribution in [0.2, 0.25) is 0 Å². The van der Waals surface area contributed by atoms with Gasteiger partial charge in [-0.2, -0.15) is 22.0 Å². The van der Waals surface area contributed by atoms with Crippen LogP contribution >= 0.6 is 0 Å². The lowest BCUT2D eigenvalue weighted by atomic mass is 10.0. The van der Waals surface area contributed by atoms with Gasteiger partial charge in [0.15, 0.2) is 0 Å². The SMILES string of the molecule is COc1cc(C(F)(F)F)c(OC(F)F)cc1CC1CCCN1. The van der Waals surface area contributed by atoms with E-state index in [0.717, 1.165) is 25.5 Å². The van der Waals surface area contributed by atoms with Crippen molar-refractivity contribution in [3.8, 4) is 11.5 Å². The van der Waals surface area contributed by atoms with Gasteiger partial charge in [-0.3, -0.25) is 0 Å². The molecule has 1 aromatic carbocycles. The van der Waals surface area contributed by atoms with Crippen LogP contribution < -0.4 is 14.8 Å². The van der Waals surface area contributed by atoms with Crippen molar-refractivity contribution in [2.24, 2.45) is 0 Å². The van der Waals surface area contributed by atoms with E-state index in [1.165, 1.54) is 7.11 Å². The second kappa shape index (κ2) is 6.68. The number of methoxy groups -OCH3 is 1. The highest BCUT2D eigenvalue weighted by atomic mass is 19.4. The lowest BCUT2D eigenvalue weighted by Crippen LogP contribution is -2.24. The summed E-state index contributed by atoms with van der Waals surface area (Å²) in [7, 11) is 1.24. The van der Waals surface area contributed by atoms with Crippen LogP contribution in [0, 0.1) is 0 Å². The van der Waals surface area contributed by atoms with Crippen molar-refractivity contribution in [3.63, 3.8) is 0 Å². The Balaban J connectivity index is 2.39. The molecule has 124 valence electrons. The monoisotopic (exact) mass is 325 g/mol. The summed E-state index contributed by atoms with van der Waals surface area (Å²) in [5, 5.41) is 3.19. The molecule has 1 unspecified atom stereocenters.